The number of halogens is 3. The van der Waals surface area contributed by atoms with Crippen molar-refractivity contribution >= 4 is 11.0 Å². The van der Waals surface area contributed by atoms with Crippen LogP contribution in [-0.4, -0.2) is 11.3 Å². The number of furan rings is 1. The molecule has 1 heterocycles. The van der Waals surface area contributed by atoms with Gasteiger partial charge >= 0.3 is 6.18 Å². The standard InChI is InChI=1S/C17H14F3NO2/c18-17(19,20)12-4-2-1-3-10(5-12)15-8-13(22)6-11-7-14(9-21)23-16(11)15/h1-8,10,22H,9,21H2. The van der Waals surface area contributed by atoms with Gasteiger partial charge in [0, 0.05) is 16.9 Å². The van der Waals surface area contributed by atoms with Crippen LogP contribution in [0.2, 0.25) is 0 Å². The second-order valence-corrected chi connectivity index (χ2v) is 5.26. The van der Waals surface area contributed by atoms with Crippen molar-refractivity contribution in [2.45, 2.75) is 18.6 Å². The number of nitrogens with two attached hydrogens (primary N) is 1. The Bertz CT molecular complexity index is 828. The van der Waals surface area contributed by atoms with Crippen LogP contribution in [0.25, 0.3) is 11.0 Å². The fourth-order valence-corrected chi connectivity index (χ4v) is 2.60. The van der Waals surface area contributed by atoms with Crippen molar-refractivity contribution in [3.05, 3.63) is 65.5 Å². The topological polar surface area (TPSA) is 59.4 Å². The first kappa shape index (κ1) is 15.4. The Morgan fingerprint density at radius 2 is 1.96 bits per heavy atom. The third-order valence-electron chi connectivity index (χ3n) is 3.63. The minimum atomic E-state index is -4.44. The van der Waals surface area contributed by atoms with Crippen LogP contribution in [0.3, 0.4) is 0 Å². The summed E-state index contributed by atoms with van der Waals surface area (Å²) in [5.74, 6) is -0.208. The summed E-state index contributed by atoms with van der Waals surface area (Å²) in [5, 5.41) is 10.5. The Balaban J connectivity index is 2.17. The maximum Gasteiger partial charge on any atom is 0.416 e. The van der Waals surface area contributed by atoms with Crippen LogP contribution in [0.1, 0.15) is 17.2 Å². The van der Waals surface area contributed by atoms with Crippen molar-refractivity contribution in [3.63, 3.8) is 0 Å². The summed E-state index contributed by atoms with van der Waals surface area (Å²) >= 11 is 0. The maximum atomic E-state index is 13.0. The summed E-state index contributed by atoms with van der Waals surface area (Å²) in [5.41, 5.74) is 5.69. The van der Waals surface area contributed by atoms with E-state index in [1.807, 2.05) is 0 Å². The zero-order valence-corrected chi connectivity index (χ0v) is 12.0. The molecular weight excluding hydrogens is 307 g/mol. The van der Waals surface area contributed by atoms with Crippen LogP contribution in [-0.2, 0) is 6.54 Å². The molecule has 0 fully saturated rings. The normalized spacial score (nSPS) is 18.3. The van der Waals surface area contributed by atoms with E-state index in [1.54, 1.807) is 18.2 Å². The molecule has 3 nitrogen and oxygen atoms in total. The SMILES string of the molecule is NCc1cc2cc(O)cc(C3C=CC=CC(C(F)(F)F)=C3)c2o1. The smallest absolute Gasteiger partial charge is 0.416 e. The van der Waals surface area contributed by atoms with Gasteiger partial charge < -0.3 is 15.3 Å². The molecule has 23 heavy (non-hydrogen) atoms. The number of benzene rings is 1. The zero-order chi connectivity index (χ0) is 16.6. The highest BCUT2D eigenvalue weighted by molar-refractivity contribution is 5.84. The third-order valence-corrected chi connectivity index (χ3v) is 3.63. The van der Waals surface area contributed by atoms with Gasteiger partial charge in [-0.3, -0.25) is 0 Å². The van der Waals surface area contributed by atoms with Crippen molar-refractivity contribution < 1.29 is 22.7 Å². The van der Waals surface area contributed by atoms with Crippen LogP contribution < -0.4 is 5.73 Å². The Morgan fingerprint density at radius 3 is 2.65 bits per heavy atom. The molecule has 2 aromatic rings. The number of fused-ring (bicyclic) bond motifs is 1. The van der Waals surface area contributed by atoms with Crippen molar-refractivity contribution in [2.75, 3.05) is 0 Å². The fourth-order valence-electron chi connectivity index (χ4n) is 2.60. The number of phenols is 1. The molecule has 6 heteroatoms. The number of allylic oxidation sites excluding steroid dienone is 6. The highest BCUT2D eigenvalue weighted by Crippen LogP contribution is 2.37. The lowest BCUT2D eigenvalue weighted by atomic mass is 9.95. The van der Waals surface area contributed by atoms with Crippen LogP contribution in [0.15, 0.2) is 58.6 Å². The average Bonchev–Trinajstić information content (AvgIpc) is 2.72. The van der Waals surface area contributed by atoms with E-state index in [0.29, 0.717) is 22.3 Å². The van der Waals surface area contributed by atoms with E-state index in [-0.39, 0.29) is 12.3 Å². The van der Waals surface area contributed by atoms with E-state index >= 15 is 0 Å². The van der Waals surface area contributed by atoms with E-state index in [2.05, 4.69) is 0 Å². The minimum Gasteiger partial charge on any atom is -0.508 e. The second kappa shape index (κ2) is 5.62. The summed E-state index contributed by atoms with van der Waals surface area (Å²) < 4.78 is 44.7. The van der Waals surface area contributed by atoms with Crippen molar-refractivity contribution in [3.8, 4) is 5.75 Å². The predicted octanol–water partition coefficient (Wildman–Crippen LogP) is 4.30. The minimum absolute atomic E-state index is 0.0376. The molecule has 1 aromatic carbocycles. The first-order valence-corrected chi connectivity index (χ1v) is 6.98. The quantitative estimate of drug-likeness (QED) is 0.867. The number of phenolic OH excluding ortho intramolecular Hbond substituents is 1. The van der Waals surface area contributed by atoms with E-state index in [4.69, 9.17) is 10.2 Å². The van der Waals surface area contributed by atoms with Crippen molar-refractivity contribution in [2.24, 2.45) is 5.73 Å². The van der Waals surface area contributed by atoms with Gasteiger partial charge in [0.2, 0.25) is 0 Å². The number of rotatable bonds is 2. The molecule has 0 aliphatic heterocycles. The monoisotopic (exact) mass is 321 g/mol. The summed E-state index contributed by atoms with van der Waals surface area (Å²) in [7, 11) is 0. The Labute approximate surface area is 130 Å². The number of hydrogen-bond donors (Lipinski definition) is 2. The molecule has 3 rings (SSSR count). The van der Waals surface area contributed by atoms with Gasteiger partial charge in [-0.05, 0) is 18.2 Å². The molecular formula is C17H14F3NO2. The zero-order valence-electron chi connectivity index (χ0n) is 12.0. The largest absolute Gasteiger partial charge is 0.508 e. The maximum absolute atomic E-state index is 13.0. The Kier molecular flexibility index (Phi) is 3.77. The van der Waals surface area contributed by atoms with E-state index in [0.717, 1.165) is 12.2 Å². The number of alkyl halides is 3. The van der Waals surface area contributed by atoms with Gasteiger partial charge in [-0.15, -0.1) is 0 Å². The van der Waals surface area contributed by atoms with Gasteiger partial charge in [-0.2, -0.15) is 13.2 Å². The van der Waals surface area contributed by atoms with Gasteiger partial charge in [0.25, 0.3) is 0 Å². The van der Waals surface area contributed by atoms with E-state index in [9.17, 15) is 18.3 Å². The van der Waals surface area contributed by atoms with Crippen molar-refractivity contribution in [1.82, 2.24) is 0 Å². The van der Waals surface area contributed by atoms with Crippen LogP contribution in [0.5, 0.6) is 5.75 Å². The van der Waals surface area contributed by atoms with Crippen molar-refractivity contribution in [1.29, 1.82) is 0 Å². The molecule has 1 aliphatic carbocycles. The number of hydrogen-bond acceptors (Lipinski definition) is 3. The summed E-state index contributed by atoms with van der Waals surface area (Å²) in [4.78, 5) is 0. The van der Waals surface area contributed by atoms with Gasteiger partial charge in [0.1, 0.15) is 17.1 Å². The molecule has 120 valence electrons. The van der Waals surface area contributed by atoms with E-state index < -0.39 is 17.7 Å². The Hall–Kier alpha value is -2.47. The van der Waals surface area contributed by atoms with Crippen LogP contribution in [0, 0.1) is 0 Å². The summed E-state index contributed by atoms with van der Waals surface area (Å²) in [6, 6.07) is 4.58. The van der Waals surface area contributed by atoms with Gasteiger partial charge in [-0.25, -0.2) is 0 Å². The Morgan fingerprint density at radius 1 is 1.17 bits per heavy atom. The van der Waals surface area contributed by atoms with Gasteiger partial charge in [0.15, 0.2) is 0 Å². The predicted molar refractivity (Wildman–Crippen MR) is 80.9 cm³/mol. The molecule has 1 aromatic heterocycles. The molecule has 0 saturated carbocycles. The molecule has 3 N–H and O–H groups in total. The molecule has 1 aliphatic rings. The fraction of sp³-hybridized carbons (Fsp3) is 0.176. The van der Waals surface area contributed by atoms with Gasteiger partial charge in [0.05, 0.1) is 12.1 Å². The highest BCUT2D eigenvalue weighted by atomic mass is 19.4. The first-order chi connectivity index (χ1) is 10.9. The van der Waals surface area contributed by atoms with Crippen LogP contribution >= 0.6 is 0 Å². The highest BCUT2D eigenvalue weighted by Gasteiger charge is 2.33. The average molecular weight is 321 g/mol. The van der Waals surface area contributed by atoms with Crippen LogP contribution in [0.4, 0.5) is 13.2 Å². The second-order valence-electron chi connectivity index (χ2n) is 5.26. The summed E-state index contributed by atoms with van der Waals surface area (Å²) in [6.45, 7) is 0.167. The molecule has 0 saturated heterocycles. The number of aromatic hydroxyl groups is 1. The molecule has 0 bridgehead atoms. The van der Waals surface area contributed by atoms with E-state index in [1.165, 1.54) is 18.2 Å². The molecule has 0 amide bonds. The summed E-state index contributed by atoms with van der Waals surface area (Å²) in [6.07, 6.45) is 2.19. The molecule has 1 atom stereocenters. The lowest BCUT2D eigenvalue weighted by molar-refractivity contribution is -0.0884. The van der Waals surface area contributed by atoms with Gasteiger partial charge in [-0.1, -0.05) is 30.4 Å². The first-order valence-electron chi connectivity index (χ1n) is 6.98. The molecule has 0 radical (unpaired) electrons. The molecule has 0 spiro atoms. The lowest BCUT2D eigenvalue weighted by Gasteiger charge is -2.13. The lowest BCUT2D eigenvalue weighted by Crippen LogP contribution is -2.10. The molecule has 1 unspecified atom stereocenters. The third kappa shape index (κ3) is 3.03.